The van der Waals surface area contributed by atoms with E-state index in [-0.39, 0.29) is 17.5 Å². The molecule has 3 aromatic rings. The Kier molecular flexibility index (Phi) is 6.55. The van der Waals surface area contributed by atoms with E-state index >= 15 is 4.39 Å². The molecule has 0 fully saturated rings. The first-order valence-electron chi connectivity index (χ1n) is 10.1. The Bertz CT molecular complexity index is 1180. The molecular formula is C23H21F2N5O2S. The quantitative estimate of drug-likeness (QED) is 0.560. The zero-order valence-corrected chi connectivity index (χ0v) is 18.5. The molecule has 3 N–H and O–H groups in total. The number of nitrogens with two attached hydrogens (primary N) is 1. The Morgan fingerprint density at radius 2 is 2.03 bits per heavy atom. The predicted octanol–water partition coefficient (Wildman–Crippen LogP) is 4.23. The van der Waals surface area contributed by atoms with Crippen molar-refractivity contribution in [3.8, 4) is 5.88 Å². The van der Waals surface area contributed by atoms with Gasteiger partial charge >= 0.3 is 0 Å². The van der Waals surface area contributed by atoms with Crippen LogP contribution in [-0.2, 0) is 5.54 Å². The SMILES string of the molecule is C[C@]1(c2cc(NC(=O)c3cnc(OCF)cn3)ccc2F)N=C(N)SC[C@@H]1c1ccccc1. The maximum atomic E-state index is 15.1. The Balaban J connectivity index is 1.65. The molecule has 0 unspecified atom stereocenters. The van der Waals surface area contributed by atoms with E-state index in [0.717, 1.165) is 11.8 Å². The Hall–Kier alpha value is -3.53. The third-order valence-corrected chi connectivity index (χ3v) is 6.34. The summed E-state index contributed by atoms with van der Waals surface area (Å²) in [6, 6.07) is 14.1. The van der Waals surface area contributed by atoms with Crippen molar-refractivity contribution in [2.24, 2.45) is 10.7 Å². The van der Waals surface area contributed by atoms with Crippen LogP contribution in [0.4, 0.5) is 14.5 Å². The summed E-state index contributed by atoms with van der Waals surface area (Å²) in [5.41, 5.74) is 6.75. The fourth-order valence-electron chi connectivity index (χ4n) is 3.77. The number of alkyl halides is 1. The number of nitrogens with zero attached hydrogens (tertiary/aromatic N) is 3. The summed E-state index contributed by atoms with van der Waals surface area (Å²) in [6.07, 6.45) is 2.31. The van der Waals surface area contributed by atoms with E-state index in [1.165, 1.54) is 30.1 Å². The number of hydrogen-bond donors (Lipinski definition) is 2. The summed E-state index contributed by atoms with van der Waals surface area (Å²) in [4.78, 5) is 25.0. The topological polar surface area (TPSA) is 102 Å². The van der Waals surface area contributed by atoms with Crippen molar-refractivity contribution < 1.29 is 18.3 Å². The minimum Gasteiger partial charge on any atom is -0.445 e. The van der Waals surface area contributed by atoms with Crippen molar-refractivity contribution in [2.45, 2.75) is 18.4 Å². The summed E-state index contributed by atoms with van der Waals surface area (Å²) in [6.45, 7) is 0.795. The first-order chi connectivity index (χ1) is 15.9. The van der Waals surface area contributed by atoms with E-state index in [1.54, 1.807) is 6.07 Å². The van der Waals surface area contributed by atoms with Crippen molar-refractivity contribution in [1.82, 2.24) is 9.97 Å². The van der Waals surface area contributed by atoms with Crippen LogP contribution in [-0.4, -0.2) is 33.7 Å². The number of ether oxygens (including phenoxy) is 1. The van der Waals surface area contributed by atoms with Gasteiger partial charge in [-0.15, -0.1) is 0 Å². The number of rotatable bonds is 6. The van der Waals surface area contributed by atoms with Gasteiger partial charge in [-0.1, -0.05) is 42.1 Å². The second-order valence-corrected chi connectivity index (χ2v) is 8.55. The lowest BCUT2D eigenvalue weighted by molar-refractivity contribution is 0.102. The molecule has 2 atom stereocenters. The number of aromatic nitrogens is 2. The highest BCUT2D eigenvalue weighted by atomic mass is 32.2. The maximum absolute atomic E-state index is 15.1. The van der Waals surface area contributed by atoms with Crippen LogP contribution >= 0.6 is 11.8 Å². The van der Waals surface area contributed by atoms with Crippen LogP contribution in [0.2, 0.25) is 0 Å². The van der Waals surface area contributed by atoms with Crippen LogP contribution in [0.3, 0.4) is 0 Å². The molecule has 0 radical (unpaired) electrons. The number of carbonyl (C=O) groups excluding carboxylic acids is 1. The number of carbonyl (C=O) groups is 1. The smallest absolute Gasteiger partial charge is 0.275 e. The predicted molar refractivity (Wildman–Crippen MR) is 124 cm³/mol. The molecule has 2 aromatic carbocycles. The van der Waals surface area contributed by atoms with Crippen LogP contribution < -0.4 is 15.8 Å². The van der Waals surface area contributed by atoms with Gasteiger partial charge < -0.3 is 15.8 Å². The Morgan fingerprint density at radius 3 is 2.73 bits per heavy atom. The standard InChI is InChI=1S/C23H21F2N5O2S/c1-23(17(12-33-22(26)30-23)14-5-3-2-4-6-14)16-9-15(7-8-18(16)25)29-21(31)19-10-28-20(11-27-19)32-13-24/h2-11,17H,12-13H2,1H3,(H2,26,30)(H,29,31)/t17-,23-/m1/s1. The van der Waals surface area contributed by atoms with Gasteiger partial charge in [-0.05, 0) is 30.7 Å². The number of anilines is 1. The maximum Gasteiger partial charge on any atom is 0.275 e. The molecule has 0 bridgehead atoms. The van der Waals surface area contributed by atoms with Gasteiger partial charge in [0.2, 0.25) is 12.7 Å². The second kappa shape index (κ2) is 9.53. The summed E-state index contributed by atoms with van der Waals surface area (Å²) < 4.78 is 31.9. The van der Waals surface area contributed by atoms with Gasteiger partial charge in [0.15, 0.2) is 5.17 Å². The van der Waals surface area contributed by atoms with Gasteiger partial charge in [-0.3, -0.25) is 9.79 Å². The molecule has 33 heavy (non-hydrogen) atoms. The van der Waals surface area contributed by atoms with Crippen molar-refractivity contribution in [1.29, 1.82) is 0 Å². The molecule has 7 nitrogen and oxygen atoms in total. The van der Waals surface area contributed by atoms with Gasteiger partial charge in [0.25, 0.3) is 5.91 Å². The second-order valence-electron chi connectivity index (χ2n) is 7.51. The van der Waals surface area contributed by atoms with Crippen LogP contribution in [0.1, 0.15) is 34.5 Å². The van der Waals surface area contributed by atoms with Crippen LogP contribution in [0.15, 0.2) is 65.9 Å². The minimum atomic E-state index is -1.05. The molecule has 170 valence electrons. The number of aliphatic imine (C=N–C) groups is 1. The first-order valence-corrected chi connectivity index (χ1v) is 11.0. The number of hydrogen-bond acceptors (Lipinski definition) is 7. The molecule has 0 spiro atoms. The fourth-order valence-corrected chi connectivity index (χ4v) is 4.88. The molecule has 1 aromatic heterocycles. The molecular weight excluding hydrogens is 448 g/mol. The van der Waals surface area contributed by atoms with Gasteiger partial charge in [0.05, 0.1) is 17.9 Å². The highest BCUT2D eigenvalue weighted by Crippen LogP contribution is 2.46. The van der Waals surface area contributed by atoms with Gasteiger partial charge in [0, 0.05) is 22.9 Å². The van der Waals surface area contributed by atoms with Gasteiger partial charge in [0.1, 0.15) is 11.5 Å². The molecule has 4 rings (SSSR count). The average molecular weight is 470 g/mol. The van der Waals surface area contributed by atoms with Crippen molar-refractivity contribution in [3.05, 3.63) is 83.6 Å². The van der Waals surface area contributed by atoms with Gasteiger partial charge in [-0.2, -0.15) is 0 Å². The van der Waals surface area contributed by atoms with Gasteiger partial charge in [-0.25, -0.2) is 18.7 Å². The highest BCUT2D eigenvalue weighted by molar-refractivity contribution is 8.13. The monoisotopic (exact) mass is 469 g/mol. The number of thioether (sulfide) groups is 1. The third kappa shape index (κ3) is 4.80. The van der Waals surface area contributed by atoms with Crippen LogP contribution in [0.25, 0.3) is 0 Å². The molecule has 1 aliphatic rings. The number of nitrogens with one attached hydrogen (secondary N) is 1. The fraction of sp³-hybridized carbons (Fsp3) is 0.217. The van der Waals surface area contributed by atoms with E-state index in [0.29, 0.717) is 22.2 Å². The summed E-state index contributed by atoms with van der Waals surface area (Å²) in [5, 5.41) is 3.07. The summed E-state index contributed by atoms with van der Waals surface area (Å²) in [5.74, 6) is -0.547. The molecule has 0 saturated carbocycles. The minimum absolute atomic E-state index is 0.00297. The number of halogens is 2. The molecule has 0 saturated heterocycles. The summed E-state index contributed by atoms with van der Waals surface area (Å²) >= 11 is 1.43. The number of amides is 1. The lowest BCUT2D eigenvalue weighted by atomic mass is 9.76. The number of amidine groups is 1. The lowest BCUT2D eigenvalue weighted by Crippen LogP contribution is -2.37. The third-order valence-electron chi connectivity index (χ3n) is 5.45. The highest BCUT2D eigenvalue weighted by Gasteiger charge is 2.42. The van der Waals surface area contributed by atoms with Crippen molar-refractivity contribution in [3.63, 3.8) is 0 Å². The Morgan fingerprint density at radius 1 is 1.24 bits per heavy atom. The van der Waals surface area contributed by atoms with Crippen molar-refractivity contribution in [2.75, 3.05) is 17.9 Å². The first kappa shape index (κ1) is 22.7. The Labute approximate surface area is 193 Å². The zero-order valence-electron chi connectivity index (χ0n) is 17.7. The zero-order chi connectivity index (χ0) is 23.4. The molecule has 2 heterocycles. The van der Waals surface area contributed by atoms with E-state index in [1.807, 2.05) is 37.3 Å². The average Bonchev–Trinajstić information content (AvgIpc) is 2.81. The normalized spacial score (nSPS) is 20.1. The van der Waals surface area contributed by atoms with Crippen LogP contribution in [0.5, 0.6) is 5.88 Å². The van der Waals surface area contributed by atoms with Crippen LogP contribution in [0, 0.1) is 5.82 Å². The molecule has 1 aliphatic heterocycles. The molecule has 0 aliphatic carbocycles. The van der Waals surface area contributed by atoms with E-state index < -0.39 is 24.1 Å². The van der Waals surface area contributed by atoms with E-state index in [2.05, 4.69) is 25.0 Å². The molecule has 10 heteroatoms. The lowest BCUT2D eigenvalue weighted by Gasteiger charge is -2.38. The number of benzene rings is 2. The molecule has 1 amide bonds. The summed E-state index contributed by atoms with van der Waals surface area (Å²) in [7, 11) is 0. The van der Waals surface area contributed by atoms with E-state index in [9.17, 15) is 9.18 Å². The largest absolute Gasteiger partial charge is 0.445 e. The van der Waals surface area contributed by atoms with Crippen molar-refractivity contribution >= 4 is 28.5 Å². The van der Waals surface area contributed by atoms with E-state index in [4.69, 9.17) is 5.73 Å².